The molecule has 2 aromatic rings. The molecular weight excluding hydrogens is 344 g/mol. The SMILES string of the molecule is COc1cc(NC(=O)N[C@@H]2c3ccccc3C[C@@H]2O)c(OC)cc1Cl. The highest BCUT2D eigenvalue weighted by molar-refractivity contribution is 6.32. The molecule has 0 saturated carbocycles. The van der Waals surface area contributed by atoms with E-state index in [1.807, 2.05) is 24.3 Å². The fourth-order valence-electron chi connectivity index (χ4n) is 3.01. The zero-order chi connectivity index (χ0) is 18.0. The first kappa shape index (κ1) is 17.4. The Bertz CT molecular complexity index is 797. The van der Waals surface area contributed by atoms with Gasteiger partial charge in [0.1, 0.15) is 11.5 Å². The van der Waals surface area contributed by atoms with Gasteiger partial charge in [0.25, 0.3) is 0 Å². The molecule has 2 amide bonds. The molecule has 1 aliphatic carbocycles. The van der Waals surface area contributed by atoms with Crippen molar-refractivity contribution in [2.24, 2.45) is 0 Å². The summed E-state index contributed by atoms with van der Waals surface area (Å²) in [6, 6.07) is 9.89. The summed E-state index contributed by atoms with van der Waals surface area (Å²) in [5, 5.41) is 16.1. The van der Waals surface area contributed by atoms with Gasteiger partial charge in [0.05, 0.1) is 37.1 Å². The van der Waals surface area contributed by atoms with E-state index >= 15 is 0 Å². The Balaban J connectivity index is 1.77. The molecule has 0 saturated heterocycles. The third-order valence-corrected chi connectivity index (χ3v) is 4.51. The van der Waals surface area contributed by atoms with E-state index < -0.39 is 18.2 Å². The number of urea groups is 1. The average Bonchev–Trinajstić information content (AvgIpc) is 2.91. The van der Waals surface area contributed by atoms with Crippen LogP contribution >= 0.6 is 11.6 Å². The number of carbonyl (C=O) groups is 1. The van der Waals surface area contributed by atoms with E-state index in [1.165, 1.54) is 14.2 Å². The molecule has 132 valence electrons. The summed E-state index contributed by atoms with van der Waals surface area (Å²) in [5.74, 6) is 0.831. The first-order valence-electron chi connectivity index (χ1n) is 7.78. The summed E-state index contributed by atoms with van der Waals surface area (Å²) in [5.41, 5.74) is 2.37. The summed E-state index contributed by atoms with van der Waals surface area (Å²) < 4.78 is 10.4. The fraction of sp³-hybridized carbons (Fsp3) is 0.278. The molecule has 0 aromatic heterocycles. The number of halogens is 1. The lowest BCUT2D eigenvalue weighted by atomic mass is 10.1. The Morgan fingerprint density at radius 1 is 1.20 bits per heavy atom. The number of aliphatic hydroxyl groups is 1. The maximum Gasteiger partial charge on any atom is 0.319 e. The lowest BCUT2D eigenvalue weighted by Gasteiger charge is -2.19. The van der Waals surface area contributed by atoms with Gasteiger partial charge in [0.15, 0.2) is 0 Å². The van der Waals surface area contributed by atoms with E-state index in [2.05, 4.69) is 10.6 Å². The molecule has 2 aromatic carbocycles. The molecule has 2 atom stereocenters. The van der Waals surface area contributed by atoms with Gasteiger partial charge in [-0.3, -0.25) is 0 Å². The molecule has 1 aliphatic rings. The molecule has 0 spiro atoms. The predicted molar refractivity (Wildman–Crippen MR) is 95.6 cm³/mol. The number of fused-ring (bicyclic) bond motifs is 1. The van der Waals surface area contributed by atoms with Crippen LogP contribution in [0.2, 0.25) is 5.02 Å². The second-order valence-electron chi connectivity index (χ2n) is 5.73. The maximum atomic E-state index is 12.4. The number of ether oxygens (including phenoxy) is 2. The smallest absolute Gasteiger partial charge is 0.319 e. The minimum atomic E-state index is -0.662. The molecule has 3 rings (SSSR count). The minimum absolute atomic E-state index is 0.380. The van der Waals surface area contributed by atoms with Gasteiger partial charge in [-0.25, -0.2) is 4.79 Å². The first-order chi connectivity index (χ1) is 12.0. The number of anilines is 1. The minimum Gasteiger partial charge on any atom is -0.495 e. The molecule has 0 unspecified atom stereocenters. The van der Waals surface area contributed by atoms with Crippen molar-refractivity contribution in [2.45, 2.75) is 18.6 Å². The highest BCUT2D eigenvalue weighted by atomic mass is 35.5. The van der Waals surface area contributed by atoms with Crippen LogP contribution in [-0.4, -0.2) is 31.5 Å². The van der Waals surface area contributed by atoms with Crippen LogP contribution in [0.3, 0.4) is 0 Å². The topological polar surface area (TPSA) is 79.8 Å². The third kappa shape index (κ3) is 3.50. The number of nitrogens with one attached hydrogen (secondary N) is 2. The van der Waals surface area contributed by atoms with Crippen molar-refractivity contribution in [2.75, 3.05) is 19.5 Å². The van der Waals surface area contributed by atoms with Gasteiger partial charge < -0.3 is 25.2 Å². The first-order valence-corrected chi connectivity index (χ1v) is 8.16. The van der Waals surface area contributed by atoms with Gasteiger partial charge in [-0.1, -0.05) is 35.9 Å². The summed E-state index contributed by atoms with van der Waals surface area (Å²) in [6.07, 6.45) is -0.149. The highest BCUT2D eigenvalue weighted by Gasteiger charge is 2.32. The Morgan fingerprint density at radius 2 is 1.92 bits per heavy atom. The highest BCUT2D eigenvalue weighted by Crippen LogP contribution is 2.36. The van der Waals surface area contributed by atoms with Crippen molar-refractivity contribution in [3.05, 3.63) is 52.5 Å². The van der Waals surface area contributed by atoms with Crippen LogP contribution in [0.1, 0.15) is 17.2 Å². The Labute approximate surface area is 150 Å². The Kier molecular flexibility index (Phi) is 5.01. The van der Waals surface area contributed by atoms with E-state index in [0.717, 1.165) is 11.1 Å². The van der Waals surface area contributed by atoms with Crippen LogP contribution < -0.4 is 20.1 Å². The van der Waals surface area contributed by atoms with Gasteiger partial charge in [0.2, 0.25) is 0 Å². The monoisotopic (exact) mass is 362 g/mol. The van der Waals surface area contributed by atoms with Crippen molar-refractivity contribution >= 4 is 23.3 Å². The zero-order valence-corrected chi connectivity index (χ0v) is 14.6. The average molecular weight is 363 g/mol. The Hall–Kier alpha value is -2.44. The van der Waals surface area contributed by atoms with Gasteiger partial charge >= 0.3 is 6.03 Å². The molecule has 6 nitrogen and oxygen atoms in total. The summed E-state index contributed by atoms with van der Waals surface area (Å²) in [4.78, 5) is 12.4. The summed E-state index contributed by atoms with van der Waals surface area (Å²) in [6.45, 7) is 0. The Morgan fingerprint density at radius 3 is 2.64 bits per heavy atom. The number of hydrogen-bond acceptors (Lipinski definition) is 4. The molecule has 0 fully saturated rings. The van der Waals surface area contributed by atoms with E-state index in [9.17, 15) is 9.90 Å². The maximum absolute atomic E-state index is 12.4. The van der Waals surface area contributed by atoms with E-state index in [0.29, 0.717) is 28.6 Å². The van der Waals surface area contributed by atoms with Crippen LogP contribution in [0.15, 0.2) is 36.4 Å². The fourth-order valence-corrected chi connectivity index (χ4v) is 3.24. The largest absolute Gasteiger partial charge is 0.495 e. The quantitative estimate of drug-likeness (QED) is 0.780. The molecule has 25 heavy (non-hydrogen) atoms. The molecule has 0 aliphatic heterocycles. The number of rotatable bonds is 4. The van der Waals surface area contributed by atoms with Gasteiger partial charge in [-0.05, 0) is 11.1 Å². The van der Waals surface area contributed by atoms with E-state index in [-0.39, 0.29) is 0 Å². The number of methoxy groups -OCH3 is 2. The molecular formula is C18H19ClN2O4. The van der Waals surface area contributed by atoms with Crippen molar-refractivity contribution in [1.82, 2.24) is 5.32 Å². The summed E-state index contributed by atoms with van der Waals surface area (Å²) >= 11 is 6.06. The third-order valence-electron chi connectivity index (χ3n) is 4.21. The molecule has 0 radical (unpaired) electrons. The van der Waals surface area contributed by atoms with Crippen molar-refractivity contribution in [3.8, 4) is 11.5 Å². The van der Waals surface area contributed by atoms with Crippen LogP contribution in [0.25, 0.3) is 0 Å². The zero-order valence-electron chi connectivity index (χ0n) is 13.9. The second kappa shape index (κ2) is 7.21. The second-order valence-corrected chi connectivity index (χ2v) is 6.14. The van der Waals surface area contributed by atoms with Crippen molar-refractivity contribution < 1.29 is 19.4 Å². The molecule has 7 heteroatoms. The number of benzene rings is 2. The van der Waals surface area contributed by atoms with Crippen LogP contribution in [0.5, 0.6) is 11.5 Å². The van der Waals surface area contributed by atoms with Crippen molar-refractivity contribution in [3.63, 3.8) is 0 Å². The number of hydrogen-bond donors (Lipinski definition) is 3. The molecule has 3 N–H and O–H groups in total. The predicted octanol–water partition coefficient (Wildman–Crippen LogP) is 3.14. The van der Waals surface area contributed by atoms with Gasteiger partial charge in [0, 0.05) is 18.6 Å². The van der Waals surface area contributed by atoms with E-state index in [4.69, 9.17) is 21.1 Å². The van der Waals surface area contributed by atoms with Crippen LogP contribution in [-0.2, 0) is 6.42 Å². The number of amides is 2. The lowest BCUT2D eigenvalue weighted by Crippen LogP contribution is -2.36. The van der Waals surface area contributed by atoms with Crippen LogP contribution in [0.4, 0.5) is 10.5 Å². The normalized spacial score (nSPS) is 18.4. The van der Waals surface area contributed by atoms with E-state index in [1.54, 1.807) is 12.1 Å². The standard InChI is InChI=1S/C18H19ClN2O4/c1-24-15-9-13(16(25-2)8-12(15)19)20-18(23)21-17-11-6-4-3-5-10(11)7-14(17)22/h3-6,8-9,14,17,22H,7H2,1-2H3,(H2,20,21,23)/t14-,17+/m0/s1. The number of carbonyl (C=O) groups excluding carboxylic acids is 1. The van der Waals surface area contributed by atoms with Gasteiger partial charge in [-0.2, -0.15) is 0 Å². The molecule has 0 heterocycles. The van der Waals surface area contributed by atoms with Gasteiger partial charge in [-0.15, -0.1) is 0 Å². The van der Waals surface area contributed by atoms with Crippen molar-refractivity contribution in [1.29, 1.82) is 0 Å². The number of aliphatic hydroxyl groups excluding tert-OH is 1. The lowest BCUT2D eigenvalue weighted by molar-refractivity contribution is 0.144. The summed E-state index contributed by atoms with van der Waals surface area (Å²) in [7, 11) is 2.97. The molecule has 0 bridgehead atoms. The van der Waals surface area contributed by atoms with Crippen LogP contribution in [0, 0.1) is 0 Å².